The van der Waals surface area contributed by atoms with Gasteiger partial charge in [0.25, 0.3) is 5.91 Å². The number of rotatable bonds is 3. The third-order valence-corrected chi connectivity index (χ3v) is 2.09. The molecule has 0 heterocycles. The summed E-state index contributed by atoms with van der Waals surface area (Å²) in [5.74, 6) is -1.34. The lowest BCUT2D eigenvalue weighted by molar-refractivity contribution is 0.0795. The lowest BCUT2D eigenvalue weighted by Crippen LogP contribution is -2.32. The van der Waals surface area contributed by atoms with Crippen molar-refractivity contribution in [3.8, 4) is 12.1 Å². The van der Waals surface area contributed by atoms with E-state index in [0.717, 1.165) is 11.0 Å². The first-order chi connectivity index (χ1) is 8.11. The molecule has 1 amide bonds. The number of halogens is 1. The molecule has 0 aliphatic heterocycles. The molecule has 0 radical (unpaired) electrons. The summed E-state index contributed by atoms with van der Waals surface area (Å²) in [5, 5.41) is 17.0. The number of para-hydroxylation sites is 1. The molecule has 0 aliphatic rings. The van der Waals surface area contributed by atoms with Gasteiger partial charge in [-0.05, 0) is 12.1 Å². The highest BCUT2D eigenvalue weighted by atomic mass is 19.1. The van der Waals surface area contributed by atoms with Crippen LogP contribution in [0.15, 0.2) is 18.2 Å². The van der Waals surface area contributed by atoms with Gasteiger partial charge in [0.1, 0.15) is 18.9 Å². The summed E-state index contributed by atoms with van der Waals surface area (Å²) < 4.78 is 13.1. The number of carbonyl (C=O) groups is 1. The summed E-state index contributed by atoms with van der Waals surface area (Å²) in [6.07, 6.45) is 0. The monoisotopic (exact) mass is 232 g/mol. The SMILES string of the molecule is N#CCN(CC#N)C(=O)c1cccc(F)c1N. The van der Waals surface area contributed by atoms with Crippen molar-refractivity contribution in [2.75, 3.05) is 18.8 Å². The van der Waals surface area contributed by atoms with Crippen LogP contribution in [0, 0.1) is 28.5 Å². The van der Waals surface area contributed by atoms with Gasteiger partial charge in [-0.3, -0.25) is 4.79 Å². The molecule has 1 aromatic carbocycles. The van der Waals surface area contributed by atoms with Gasteiger partial charge in [-0.15, -0.1) is 0 Å². The summed E-state index contributed by atoms with van der Waals surface area (Å²) >= 11 is 0. The Balaban J connectivity index is 3.07. The lowest BCUT2D eigenvalue weighted by Gasteiger charge is -2.16. The summed E-state index contributed by atoms with van der Waals surface area (Å²) in [6, 6.07) is 7.34. The fraction of sp³-hybridized carbons (Fsp3) is 0.182. The quantitative estimate of drug-likeness (QED) is 0.618. The van der Waals surface area contributed by atoms with E-state index in [1.165, 1.54) is 12.1 Å². The van der Waals surface area contributed by atoms with Crippen molar-refractivity contribution >= 4 is 11.6 Å². The Morgan fingerprint density at radius 2 is 1.94 bits per heavy atom. The largest absolute Gasteiger partial charge is 0.396 e. The van der Waals surface area contributed by atoms with Crippen LogP contribution in [0.5, 0.6) is 0 Å². The molecule has 2 N–H and O–H groups in total. The second kappa shape index (κ2) is 5.47. The van der Waals surface area contributed by atoms with Crippen LogP contribution in [0.2, 0.25) is 0 Å². The zero-order valence-electron chi connectivity index (χ0n) is 8.85. The standard InChI is InChI=1S/C11H9FN4O/c12-9-3-1-2-8(10(9)15)11(17)16(6-4-13)7-5-14/h1-3H,6-7,15H2. The first-order valence-electron chi connectivity index (χ1n) is 4.69. The van der Waals surface area contributed by atoms with Gasteiger partial charge in [0.05, 0.1) is 23.4 Å². The molecule has 1 aromatic rings. The molecule has 0 saturated heterocycles. The van der Waals surface area contributed by atoms with Gasteiger partial charge in [-0.1, -0.05) is 6.07 Å². The number of anilines is 1. The van der Waals surface area contributed by atoms with Crippen molar-refractivity contribution in [2.24, 2.45) is 0 Å². The molecule has 0 aliphatic carbocycles. The van der Waals surface area contributed by atoms with E-state index in [9.17, 15) is 9.18 Å². The molecule has 0 bridgehead atoms. The number of hydrogen-bond acceptors (Lipinski definition) is 4. The Morgan fingerprint density at radius 1 is 1.35 bits per heavy atom. The van der Waals surface area contributed by atoms with E-state index in [-0.39, 0.29) is 24.3 Å². The number of nitrogen functional groups attached to an aromatic ring is 1. The van der Waals surface area contributed by atoms with E-state index in [1.807, 2.05) is 0 Å². The van der Waals surface area contributed by atoms with Crippen LogP contribution >= 0.6 is 0 Å². The fourth-order valence-corrected chi connectivity index (χ4v) is 1.26. The average Bonchev–Trinajstić information content (AvgIpc) is 2.31. The van der Waals surface area contributed by atoms with Crippen molar-refractivity contribution < 1.29 is 9.18 Å². The maximum absolute atomic E-state index is 13.1. The van der Waals surface area contributed by atoms with Gasteiger partial charge in [0, 0.05) is 0 Å². The lowest BCUT2D eigenvalue weighted by atomic mass is 10.1. The van der Waals surface area contributed by atoms with Crippen LogP contribution in [-0.2, 0) is 0 Å². The third-order valence-electron chi connectivity index (χ3n) is 2.09. The number of nitrogens with two attached hydrogens (primary N) is 1. The molecule has 0 atom stereocenters. The molecule has 17 heavy (non-hydrogen) atoms. The number of benzene rings is 1. The molecule has 0 saturated carbocycles. The minimum Gasteiger partial charge on any atom is -0.396 e. The van der Waals surface area contributed by atoms with Crippen LogP contribution in [-0.4, -0.2) is 23.9 Å². The molecule has 0 aromatic heterocycles. The Labute approximate surface area is 97.5 Å². The van der Waals surface area contributed by atoms with Crippen molar-refractivity contribution in [3.63, 3.8) is 0 Å². The Kier molecular flexibility index (Phi) is 4.02. The van der Waals surface area contributed by atoms with Crippen LogP contribution in [0.3, 0.4) is 0 Å². The van der Waals surface area contributed by atoms with Crippen molar-refractivity contribution in [3.05, 3.63) is 29.6 Å². The molecular weight excluding hydrogens is 223 g/mol. The maximum Gasteiger partial charge on any atom is 0.257 e. The molecule has 6 heteroatoms. The number of carbonyl (C=O) groups excluding carboxylic acids is 1. The number of nitrogens with zero attached hydrogens (tertiary/aromatic N) is 3. The first-order valence-corrected chi connectivity index (χ1v) is 4.69. The zero-order chi connectivity index (χ0) is 12.8. The molecule has 0 spiro atoms. The van der Waals surface area contributed by atoms with E-state index < -0.39 is 11.7 Å². The predicted molar refractivity (Wildman–Crippen MR) is 57.9 cm³/mol. The van der Waals surface area contributed by atoms with E-state index >= 15 is 0 Å². The van der Waals surface area contributed by atoms with Gasteiger partial charge in [0.2, 0.25) is 0 Å². The topological polar surface area (TPSA) is 93.9 Å². The normalized spacial score (nSPS) is 9.12. The molecule has 0 fully saturated rings. The van der Waals surface area contributed by atoms with Gasteiger partial charge < -0.3 is 10.6 Å². The molecule has 5 nitrogen and oxygen atoms in total. The number of amides is 1. The molecule has 86 valence electrons. The highest BCUT2D eigenvalue weighted by Crippen LogP contribution is 2.17. The van der Waals surface area contributed by atoms with E-state index in [2.05, 4.69) is 0 Å². The summed E-state index contributed by atoms with van der Waals surface area (Å²) in [4.78, 5) is 12.9. The Bertz CT molecular complexity index is 499. The van der Waals surface area contributed by atoms with Crippen LogP contribution in [0.1, 0.15) is 10.4 Å². The average molecular weight is 232 g/mol. The van der Waals surface area contributed by atoms with Crippen molar-refractivity contribution in [1.29, 1.82) is 10.5 Å². The van der Waals surface area contributed by atoms with Gasteiger partial charge in [0.15, 0.2) is 0 Å². The molecule has 0 unspecified atom stereocenters. The van der Waals surface area contributed by atoms with E-state index in [1.54, 1.807) is 12.1 Å². The first kappa shape index (κ1) is 12.5. The highest BCUT2D eigenvalue weighted by Gasteiger charge is 2.19. The fourth-order valence-electron chi connectivity index (χ4n) is 1.26. The zero-order valence-corrected chi connectivity index (χ0v) is 8.85. The molecule has 1 rings (SSSR count). The Hall–Kier alpha value is -2.60. The van der Waals surface area contributed by atoms with Gasteiger partial charge >= 0.3 is 0 Å². The summed E-state index contributed by atoms with van der Waals surface area (Å²) in [5.41, 5.74) is 5.10. The van der Waals surface area contributed by atoms with Crippen LogP contribution in [0.25, 0.3) is 0 Å². The van der Waals surface area contributed by atoms with Crippen LogP contribution in [0.4, 0.5) is 10.1 Å². The molecular formula is C11H9FN4O. The third kappa shape index (κ3) is 2.70. The van der Waals surface area contributed by atoms with E-state index in [4.69, 9.17) is 16.3 Å². The second-order valence-electron chi connectivity index (χ2n) is 3.18. The number of nitriles is 2. The highest BCUT2D eigenvalue weighted by molar-refractivity contribution is 5.99. The summed E-state index contributed by atoms with van der Waals surface area (Å²) in [6.45, 7) is -0.495. The van der Waals surface area contributed by atoms with Gasteiger partial charge in [-0.2, -0.15) is 10.5 Å². The number of hydrogen-bond donors (Lipinski definition) is 1. The minimum absolute atomic E-state index is 0.0458. The minimum atomic E-state index is -0.704. The smallest absolute Gasteiger partial charge is 0.257 e. The van der Waals surface area contributed by atoms with E-state index in [0.29, 0.717) is 0 Å². The van der Waals surface area contributed by atoms with Crippen molar-refractivity contribution in [1.82, 2.24) is 4.90 Å². The van der Waals surface area contributed by atoms with Gasteiger partial charge in [-0.25, -0.2) is 4.39 Å². The Morgan fingerprint density at radius 3 is 2.47 bits per heavy atom. The summed E-state index contributed by atoms with van der Waals surface area (Å²) in [7, 11) is 0. The maximum atomic E-state index is 13.1. The second-order valence-corrected chi connectivity index (χ2v) is 3.18. The predicted octanol–water partition coefficient (Wildman–Crippen LogP) is 0.897. The van der Waals surface area contributed by atoms with Crippen LogP contribution < -0.4 is 5.73 Å². The van der Waals surface area contributed by atoms with Crippen molar-refractivity contribution in [2.45, 2.75) is 0 Å².